The van der Waals surface area contributed by atoms with Crippen LogP contribution in [0.2, 0.25) is 30.1 Å². The van der Waals surface area contributed by atoms with Crippen molar-refractivity contribution in [3.63, 3.8) is 0 Å². The molecule has 41 heavy (non-hydrogen) atoms. The number of nitrogens with zero attached hydrogens (tertiary/aromatic N) is 2. The number of aromatic nitrogens is 2. The van der Waals surface area contributed by atoms with Crippen LogP contribution in [0.5, 0.6) is 0 Å². The highest BCUT2D eigenvalue weighted by Crippen LogP contribution is 2.32. The maximum atomic E-state index is 6.62. The molecule has 212 valence electrons. The van der Waals surface area contributed by atoms with Gasteiger partial charge in [-0.3, -0.25) is 0 Å². The largest absolute Gasteiger partial charge is 1.00 e. The molecule has 0 aliphatic heterocycles. The minimum absolute atomic E-state index is 0. The molecule has 5 aromatic rings. The molecule has 0 bridgehead atoms. The van der Waals surface area contributed by atoms with Crippen molar-refractivity contribution in [2.24, 2.45) is 0 Å². The molecule has 5 rings (SSSR count). The molecule has 0 spiro atoms. The Labute approximate surface area is 275 Å². The van der Waals surface area contributed by atoms with Gasteiger partial charge in [-0.15, -0.1) is 0 Å². The van der Waals surface area contributed by atoms with Gasteiger partial charge in [-0.1, -0.05) is 106 Å². The Kier molecular flexibility index (Phi) is 11.3. The van der Waals surface area contributed by atoms with Gasteiger partial charge < -0.3 is 17.1 Å². The first kappa shape index (κ1) is 32.0. The van der Waals surface area contributed by atoms with Gasteiger partial charge >= 0.3 is 0 Å². The summed E-state index contributed by atoms with van der Waals surface area (Å²) in [6.07, 6.45) is 5.70. The van der Waals surface area contributed by atoms with E-state index in [2.05, 4.69) is 9.13 Å². The monoisotopic (exact) mass is 684 g/mol. The number of benzene rings is 4. The Balaban J connectivity index is 0.00000387. The summed E-state index contributed by atoms with van der Waals surface area (Å²) in [6.45, 7) is 0.770. The van der Waals surface area contributed by atoms with Gasteiger partial charge in [-0.25, -0.2) is 9.13 Å². The van der Waals surface area contributed by atoms with Gasteiger partial charge in [0.25, 0.3) is 0 Å². The third-order valence-corrected chi connectivity index (χ3v) is 8.18. The normalized spacial score (nSPS) is 11.9. The molecule has 0 radical (unpaired) electrons. The summed E-state index contributed by atoms with van der Waals surface area (Å²) in [5, 5.41) is 3.56. The van der Waals surface area contributed by atoms with E-state index >= 15 is 0 Å². The number of halogens is 7. The lowest BCUT2D eigenvalue weighted by molar-refractivity contribution is -0.705. The zero-order valence-corrected chi connectivity index (χ0v) is 26.6. The Bertz CT molecular complexity index is 1560. The van der Waals surface area contributed by atoms with E-state index in [4.69, 9.17) is 74.3 Å². The molecule has 1 unspecified atom stereocenters. The lowest BCUT2D eigenvalue weighted by Crippen LogP contribution is -3.00. The first-order chi connectivity index (χ1) is 19.3. The summed E-state index contributed by atoms with van der Waals surface area (Å²) in [5.41, 5.74) is 3.82. The molecule has 0 amide bonds. The van der Waals surface area contributed by atoms with Crippen LogP contribution in [0.4, 0.5) is 0 Å². The van der Waals surface area contributed by atoms with E-state index in [1.165, 1.54) is 0 Å². The van der Waals surface area contributed by atoms with Crippen molar-refractivity contribution in [1.82, 2.24) is 4.57 Å². The first-order valence-corrected chi connectivity index (χ1v) is 14.6. The summed E-state index contributed by atoms with van der Waals surface area (Å²) in [5.74, 6) is 0. The summed E-state index contributed by atoms with van der Waals surface area (Å²) in [6, 6.07) is 26.4. The Morgan fingerprint density at radius 1 is 0.659 bits per heavy atom. The zero-order chi connectivity index (χ0) is 28.2. The smallest absolute Gasteiger partial charge is 0.244 e. The lowest BCUT2D eigenvalue weighted by Gasteiger charge is -2.19. The minimum atomic E-state index is -0.387. The molecule has 1 atom stereocenters. The van der Waals surface area contributed by atoms with E-state index in [1.807, 2.05) is 79.4 Å². The number of hydrogen-bond acceptors (Lipinski definition) is 1. The van der Waals surface area contributed by atoms with Crippen LogP contribution in [0.3, 0.4) is 0 Å². The van der Waals surface area contributed by atoms with Crippen LogP contribution >= 0.6 is 69.6 Å². The standard InChI is InChI=1S/C31H23Cl6N2O.ClH/c32-23-6-1-20(2-7-23)31(21-3-8-24(33)9-4-21)39-14-13-38(19-39)17-30(27-12-11-26(35)16-29(27)37)40-18-22-5-10-25(34)15-28(22)36;/h1-16,19,30-31H,17-18H2;1H/q+1;/p-1. The maximum absolute atomic E-state index is 6.62. The molecule has 1 heterocycles. The third-order valence-electron chi connectivity index (χ3n) is 6.52. The zero-order valence-electron chi connectivity index (χ0n) is 21.3. The molecule has 4 aromatic carbocycles. The van der Waals surface area contributed by atoms with E-state index in [0.29, 0.717) is 36.7 Å². The van der Waals surface area contributed by atoms with Crippen LogP contribution in [-0.4, -0.2) is 4.57 Å². The SMILES string of the molecule is Clc1ccc(C(c2ccc(Cl)cc2)n2cc[n+](CC(OCc3ccc(Cl)cc3Cl)c3ccc(Cl)cc3Cl)c2)cc1.[Cl-]. The maximum Gasteiger partial charge on any atom is 0.244 e. The molecular formula is C31H23Cl7N2O. The number of hydrogen-bond donors (Lipinski definition) is 0. The number of imidazole rings is 1. The van der Waals surface area contributed by atoms with Crippen LogP contribution in [0.1, 0.15) is 34.4 Å². The van der Waals surface area contributed by atoms with Crippen molar-refractivity contribution >= 4 is 69.6 Å². The Hall–Kier alpha value is -1.92. The topological polar surface area (TPSA) is 18.0 Å². The highest BCUT2D eigenvalue weighted by Gasteiger charge is 2.25. The number of ether oxygens (including phenoxy) is 1. The van der Waals surface area contributed by atoms with E-state index in [-0.39, 0.29) is 31.2 Å². The van der Waals surface area contributed by atoms with Gasteiger partial charge in [0.15, 0.2) is 6.04 Å². The first-order valence-electron chi connectivity index (χ1n) is 12.3. The van der Waals surface area contributed by atoms with Crippen LogP contribution in [0.25, 0.3) is 0 Å². The lowest BCUT2D eigenvalue weighted by atomic mass is 9.98. The Morgan fingerprint density at radius 2 is 1.20 bits per heavy atom. The van der Waals surface area contributed by atoms with Gasteiger partial charge in [0.2, 0.25) is 6.33 Å². The average molecular weight is 688 g/mol. The van der Waals surface area contributed by atoms with Crippen molar-refractivity contribution in [1.29, 1.82) is 0 Å². The molecule has 0 N–H and O–H groups in total. The fourth-order valence-corrected chi connectivity index (χ4v) is 5.77. The van der Waals surface area contributed by atoms with Crippen LogP contribution < -0.4 is 17.0 Å². The van der Waals surface area contributed by atoms with Crippen LogP contribution in [0, 0.1) is 0 Å². The summed E-state index contributed by atoms with van der Waals surface area (Å²) >= 11 is 37.7. The van der Waals surface area contributed by atoms with Crippen molar-refractivity contribution in [3.8, 4) is 0 Å². The van der Waals surface area contributed by atoms with Crippen LogP contribution in [-0.2, 0) is 17.9 Å². The summed E-state index contributed by atoms with van der Waals surface area (Å²) in [4.78, 5) is 0. The second-order valence-corrected chi connectivity index (χ2v) is 11.8. The fourth-order valence-electron chi connectivity index (χ4n) is 4.52. The second kappa shape index (κ2) is 14.5. The molecule has 0 saturated carbocycles. The number of rotatable bonds is 9. The fraction of sp³-hybridized carbons (Fsp3) is 0.129. The average Bonchev–Trinajstić information content (AvgIpc) is 3.38. The van der Waals surface area contributed by atoms with Crippen molar-refractivity contribution in [3.05, 3.63) is 156 Å². The van der Waals surface area contributed by atoms with Gasteiger partial charge in [0.05, 0.1) is 6.61 Å². The molecule has 0 aliphatic rings. The molecule has 0 saturated heterocycles. The molecule has 0 aliphatic carbocycles. The van der Waals surface area contributed by atoms with Gasteiger partial charge in [0, 0.05) is 46.8 Å². The molecule has 10 heteroatoms. The van der Waals surface area contributed by atoms with Gasteiger partial charge in [0.1, 0.15) is 25.0 Å². The molecule has 0 fully saturated rings. The highest BCUT2D eigenvalue weighted by molar-refractivity contribution is 6.35. The van der Waals surface area contributed by atoms with Gasteiger partial charge in [-0.2, -0.15) is 0 Å². The molecular weight excluding hydrogens is 665 g/mol. The Morgan fingerprint density at radius 3 is 1.76 bits per heavy atom. The van der Waals surface area contributed by atoms with Gasteiger partial charge in [-0.05, 0) is 54.1 Å². The van der Waals surface area contributed by atoms with Crippen LogP contribution in [0.15, 0.2) is 104 Å². The van der Waals surface area contributed by atoms with E-state index in [0.717, 1.165) is 22.3 Å². The third kappa shape index (κ3) is 8.13. The van der Waals surface area contributed by atoms with Crippen molar-refractivity contribution < 1.29 is 21.7 Å². The van der Waals surface area contributed by atoms with E-state index < -0.39 is 0 Å². The molecule has 3 nitrogen and oxygen atoms in total. The van der Waals surface area contributed by atoms with Crippen molar-refractivity contribution in [2.75, 3.05) is 0 Å². The molecule has 1 aromatic heterocycles. The highest BCUT2D eigenvalue weighted by atomic mass is 35.5. The minimum Gasteiger partial charge on any atom is -1.00 e. The summed E-state index contributed by atoms with van der Waals surface area (Å²) < 4.78 is 10.6. The predicted octanol–water partition coefficient (Wildman–Crippen LogP) is 7.30. The van der Waals surface area contributed by atoms with Crippen molar-refractivity contribution in [2.45, 2.75) is 25.3 Å². The predicted molar refractivity (Wildman–Crippen MR) is 165 cm³/mol. The van der Waals surface area contributed by atoms with E-state index in [1.54, 1.807) is 24.3 Å². The quantitative estimate of drug-likeness (QED) is 0.149. The summed E-state index contributed by atoms with van der Waals surface area (Å²) in [7, 11) is 0. The second-order valence-electron chi connectivity index (χ2n) is 9.26. The van der Waals surface area contributed by atoms with E-state index in [9.17, 15) is 0 Å².